The normalized spacial score (nSPS) is 28.3. The maximum absolute atomic E-state index is 9.26. The SMILES string of the molecule is CCC(CO)(CO)NC1CCOC1C. The van der Waals surface area contributed by atoms with Gasteiger partial charge in [-0.1, -0.05) is 6.92 Å². The van der Waals surface area contributed by atoms with Crippen molar-refractivity contribution < 1.29 is 14.9 Å². The predicted molar refractivity (Wildman–Crippen MR) is 54.1 cm³/mol. The fourth-order valence-electron chi connectivity index (χ4n) is 1.78. The number of nitrogens with one attached hydrogen (secondary N) is 1. The monoisotopic (exact) mass is 203 g/mol. The van der Waals surface area contributed by atoms with Crippen LogP contribution in [0.25, 0.3) is 0 Å². The highest BCUT2D eigenvalue weighted by molar-refractivity contribution is 4.92. The summed E-state index contributed by atoms with van der Waals surface area (Å²) in [7, 11) is 0. The molecule has 1 aliphatic heterocycles. The lowest BCUT2D eigenvalue weighted by molar-refractivity contribution is 0.0580. The molecule has 4 heteroatoms. The summed E-state index contributed by atoms with van der Waals surface area (Å²) in [4.78, 5) is 0. The lowest BCUT2D eigenvalue weighted by Gasteiger charge is -2.34. The second-order valence-corrected chi connectivity index (χ2v) is 4.07. The summed E-state index contributed by atoms with van der Waals surface area (Å²) in [5.74, 6) is 0. The Balaban J connectivity index is 2.54. The van der Waals surface area contributed by atoms with Gasteiger partial charge in [-0.05, 0) is 19.8 Å². The molecule has 2 atom stereocenters. The van der Waals surface area contributed by atoms with Crippen LogP contribution in [0.3, 0.4) is 0 Å². The van der Waals surface area contributed by atoms with Gasteiger partial charge in [-0.3, -0.25) is 0 Å². The van der Waals surface area contributed by atoms with Gasteiger partial charge in [0, 0.05) is 12.6 Å². The Morgan fingerprint density at radius 3 is 2.43 bits per heavy atom. The van der Waals surface area contributed by atoms with Crippen molar-refractivity contribution in [2.24, 2.45) is 0 Å². The first kappa shape index (κ1) is 11.9. The Bertz CT molecular complexity index is 162. The summed E-state index contributed by atoms with van der Waals surface area (Å²) in [5, 5.41) is 21.8. The molecule has 3 N–H and O–H groups in total. The van der Waals surface area contributed by atoms with Gasteiger partial charge in [0.2, 0.25) is 0 Å². The highest BCUT2D eigenvalue weighted by atomic mass is 16.5. The van der Waals surface area contributed by atoms with E-state index in [9.17, 15) is 10.2 Å². The molecule has 0 spiro atoms. The predicted octanol–water partition coefficient (Wildman–Crippen LogP) is -0.113. The minimum atomic E-state index is -0.549. The molecular weight excluding hydrogens is 182 g/mol. The third-order valence-electron chi connectivity index (χ3n) is 3.15. The number of aliphatic hydroxyl groups is 2. The number of rotatable bonds is 5. The zero-order valence-electron chi connectivity index (χ0n) is 8.99. The van der Waals surface area contributed by atoms with E-state index < -0.39 is 5.54 Å². The van der Waals surface area contributed by atoms with E-state index in [2.05, 4.69) is 5.32 Å². The fourth-order valence-corrected chi connectivity index (χ4v) is 1.78. The molecule has 0 amide bonds. The lowest BCUT2D eigenvalue weighted by atomic mass is 9.95. The van der Waals surface area contributed by atoms with E-state index in [-0.39, 0.29) is 25.4 Å². The molecule has 0 bridgehead atoms. The molecule has 84 valence electrons. The van der Waals surface area contributed by atoms with Crippen LogP contribution in [0.1, 0.15) is 26.7 Å². The highest BCUT2D eigenvalue weighted by Gasteiger charge is 2.33. The Morgan fingerprint density at radius 2 is 2.07 bits per heavy atom. The minimum Gasteiger partial charge on any atom is -0.394 e. The molecular formula is C10H21NO3. The zero-order valence-corrected chi connectivity index (χ0v) is 8.99. The average molecular weight is 203 g/mol. The number of aliphatic hydroxyl groups excluding tert-OH is 2. The van der Waals surface area contributed by atoms with Crippen molar-refractivity contribution in [2.45, 2.75) is 44.4 Å². The molecule has 14 heavy (non-hydrogen) atoms. The molecule has 0 saturated carbocycles. The van der Waals surface area contributed by atoms with Crippen LogP contribution in [0.2, 0.25) is 0 Å². The molecule has 2 unspecified atom stereocenters. The maximum atomic E-state index is 9.26. The van der Waals surface area contributed by atoms with Crippen molar-refractivity contribution >= 4 is 0 Å². The number of ether oxygens (including phenoxy) is 1. The van der Waals surface area contributed by atoms with E-state index in [1.165, 1.54) is 0 Å². The largest absolute Gasteiger partial charge is 0.394 e. The van der Waals surface area contributed by atoms with Crippen LogP contribution in [0.5, 0.6) is 0 Å². The van der Waals surface area contributed by atoms with E-state index >= 15 is 0 Å². The van der Waals surface area contributed by atoms with Gasteiger partial charge in [0.25, 0.3) is 0 Å². The first-order chi connectivity index (χ1) is 6.67. The van der Waals surface area contributed by atoms with Crippen molar-refractivity contribution in [3.05, 3.63) is 0 Å². The number of hydrogen-bond donors (Lipinski definition) is 3. The summed E-state index contributed by atoms with van der Waals surface area (Å²) >= 11 is 0. The second-order valence-electron chi connectivity index (χ2n) is 4.07. The fraction of sp³-hybridized carbons (Fsp3) is 1.00. The first-order valence-electron chi connectivity index (χ1n) is 5.28. The van der Waals surface area contributed by atoms with Crippen LogP contribution in [0.15, 0.2) is 0 Å². The number of hydrogen-bond acceptors (Lipinski definition) is 4. The van der Waals surface area contributed by atoms with E-state index in [1.807, 2.05) is 13.8 Å². The summed E-state index contributed by atoms with van der Waals surface area (Å²) in [6.45, 7) is 4.65. The van der Waals surface area contributed by atoms with Gasteiger partial charge in [-0.2, -0.15) is 0 Å². The van der Waals surface area contributed by atoms with Crippen molar-refractivity contribution in [3.8, 4) is 0 Å². The smallest absolute Gasteiger partial charge is 0.0701 e. The average Bonchev–Trinajstić information content (AvgIpc) is 2.61. The summed E-state index contributed by atoms with van der Waals surface area (Å²) in [5.41, 5.74) is -0.549. The summed E-state index contributed by atoms with van der Waals surface area (Å²) in [6.07, 6.45) is 1.82. The Morgan fingerprint density at radius 1 is 1.43 bits per heavy atom. The van der Waals surface area contributed by atoms with E-state index in [1.54, 1.807) is 0 Å². The van der Waals surface area contributed by atoms with Crippen LogP contribution in [0.4, 0.5) is 0 Å². The third-order valence-corrected chi connectivity index (χ3v) is 3.15. The molecule has 4 nitrogen and oxygen atoms in total. The van der Waals surface area contributed by atoms with Crippen LogP contribution in [-0.4, -0.2) is 47.7 Å². The van der Waals surface area contributed by atoms with Gasteiger partial charge in [-0.25, -0.2) is 0 Å². The standard InChI is InChI=1S/C10H21NO3/c1-3-10(6-12,7-13)11-9-4-5-14-8(9)2/h8-9,11-13H,3-7H2,1-2H3. The third kappa shape index (κ3) is 2.45. The molecule has 0 aromatic carbocycles. The molecule has 0 aromatic rings. The summed E-state index contributed by atoms with van der Waals surface area (Å²) in [6, 6.07) is 0.245. The molecule has 1 saturated heterocycles. The van der Waals surface area contributed by atoms with Gasteiger partial charge < -0.3 is 20.3 Å². The van der Waals surface area contributed by atoms with Gasteiger partial charge in [0.05, 0.1) is 24.9 Å². The quantitative estimate of drug-likeness (QED) is 0.583. The Kier molecular flexibility index (Phi) is 4.31. The highest BCUT2D eigenvalue weighted by Crippen LogP contribution is 2.18. The Labute approximate surface area is 85.3 Å². The lowest BCUT2D eigenvalue weighted by Crippen LogP contribution is -2.56. The Hall–Kier alpha value is -0.160. The molecule has 1 aliphatic rings. The molecule has 0 aliphatic carbocycles. The molecule has 0 radical (unpaired) electrons. The van der Waals surface area contributed by atoms with Gasteiger partial charge in [0.1, 0.15) is 0 Å². The van der Waals surface area contributed by atoms with Crippen LogP contribution < -0.4 is 5.32 Å². The van der Waals surface area contributed by atoms with Gasteiger partial charge in [-0.15, -0.1) is 0 Å². The molecule has 1 fully saturated rings. The summed E-state index contributed by atoms with van der Waals surface area (Å²) < 4.78 is 5.42. The van der Waals surface area contributed by atoms with Crippen molar-refractivity contribution in [1.82, 2.24) is 5.32 Å². The van der Waals surface area contributed by atoms with Crippen LogP contribution in [-0.2, 0) is 4.74 Å². The molecule has 1 rings (SSSR count). The minimum absolute atomic E-state index is 0.0385. The van der Waals surface area contributed by atoms with Crippen LogP contribution >= 0.6 is 0 Å². The van der Waals surface area contributed by atoms with Crippen molar-refractivity contribution in [1.29, 1.82) is 0 Å². The van der Waals surface area contributed by atoms with Crippen molar-refractivity contribution in [3.63, 3.8) is 0 Å². The van der Waals surface area contributed by atoms with E-state index in [0.29, 0.717) is 6.42 Å². The van der Waals surface area contributed by atoms with E-state index in [4.69, 9.17) is 4.74 Å². The molecule has 1 heterocycles. The topological polar surface area (TPSA) is 61.7 Å². The van der Waals surface area contributed by atoms with Crippen molar-refractivity contribution in [2.75, 3.05) is 19.8 Å². The first-order valence-corrected chi connectivity index (χ1v) is 5.28. The van der Waals surface area contributed by atoms with Gasteiger partial charge >= 0.3 is 0 Å². The maximum Gasteiger partial charge on any atom is 0.0701 e. The van der Waals surface area contributed by atoms with E-state index in [0.717, 1.165) is 13.0 Å². The van der Waals surface area contributed by atoms with Crippen LogP contribution in [0, 0.1) is 0 Å². The zero-order chi connectivity index (χ0) is 10.6. The second kappa shape index (κ2) is 5.07. The molecule has 0 aromatic heterocycles. The van der Waals surface area contributed by atoms with Gasteiger partial charge in [0.15, 0.2) is 0 Å².